The highest BCUT2D eigenvalue weighted by Crippen LogP contribution is 2.19. The van der Waals surface area contributed by atoms with E-state index >= 15 is 0 Å². The summed E-state index contributed by atoms with van der Waals surface area (Å²) >= 11 is 0. The van der Waals surface area contributed by atoms with Crippen LogP contribution in [-0.2, 0) is 16.6 Å². The molecule has 0 unspecified atom stereocenters. The minimum Gasteiger partial charge on any atom is -0.330 e. The van der Waals surface area contributed by atoms with Crippen LogP contribution in [0.5, 0.6) is 0 Å². The SMILES string of the molecule is Cc1nn(CCCN)c(C)c1S(=O)(=O)NCCCN(C)C. The van der Waals surface area contributed by atoms with Crippen molar-refractivity contribution in [3.63, 3.8) is 0 Å². The van der Waals surface area contributed by atoms with Gasteiger partial charge < -0.3 is 10.6 Å². The molecule has 0 saturated carbocycles. The van der Waals surface area contributed by atoms with E-state index in [4.69, 9.17) is 5.73 Å². The standard InChI is InChI=1S/C13H27N5O2S/c1-11-13(12(2)18(16-11)10-5-7-14)21(19,20)15-8-6-9-17(3)4/h15H,5-10,14H2,1-4H3. The predicted octanol–water partition coefficient (Wildman–Crippen LogP) is 0.0787. The largest absolute Gasteiger partial charge is 0.330 e. The number of aromatic nitrogens is 2. The van der Waals surface area contributed by atoms with Crippen LogP contribution in [0.3, 0.4) is 0 Å². The quantitative estimate of drug-likeness (QED) is 0.629. The van der Waals surface area contributed by atoms with Gasteiger partial charge in [0.1, 0.15) is 4.90 Å². The Hall–Kier alpha value is -0.960. The zero-order chi connectivity index (χ0) is 16.0. The van der Waals surface area contributed by atoms with Crippen LogP contribution in [0, 0.1) is 13.8 Å². The van der Waals surface area contributed by atoms with Crippen molar-refractivity contribution in [3.05, 3.63) is 11.4 Å². The summed E-state index contributed by atoms with van der Waals surface area (Å²) in [5.74, 6) is 0. The van der Waals surface area contributed by atoms with Crippen LogP contribution in [0.1, 0.15) is 24.2 Å². The number of sulfonamides is 1. The van der Waals surface area contributed by atoms with Crippen molar-refractivity contribution in [2.45, 2.75) is 38.1 Å². The Morgan fingerprint density at radius 2 is 1.95 bits per heavy atom. The van der Waals surface area contributed by atoms with Crippen LogP contribution in [0.25, 0.3) is 0 Å². The van der Waals surface area contributed by atoms with Gasteiger partial charge in [-0.3, -0.25) is 4.68 Å². The van der Waals surface area contributed by atoms with Gasteiger partial charge in [0.15, 0.2) is 0 Å². The lowest BCUT2D eigenvalue weighted by atomic mass is 10.4. The molecule has 122 valence electrons. The second-order valence-electron chi connectivity index (χ2n) is 5.42. The fourth-order valence-corrected chi connectivity index (χ4v) is 3.68. The average Bonchev–Trinajstić information content (AvgIpc) is 2.67. The molecular weight excluding hydrogens is 290 g/mol. The highest BCUT2D eigenvalue weighted by atomic mass is 32.2. The molecule has 0 aliphatic rings. The molecule has 1 aromatic rings. The molecule has 8 heteroatoms. The van der Waals surface area contributed by atoms with Gasteiger partial charge in [0.05, 0.1) is 11.4 Å². The van der Waals surface area contributed by atoms with Crippen LogP contribution in [-0.4, -0.2) is 56.8 Å². The smallest absolute Gasteiger partial charge is 0.244 e. The third-order valence-electron chi connectivity index (χ3n) is 3.23. The number of nitrogens with zero attached hydrogens (tertiary/aromatic N) is 3. The molecule has 0 saturated heterocycles. The number of nitrogens with two attached hydrogens (primary N) is 1. The molecule has 0 bridgehead atoms. The third-order valence-corrected chi connectivity index (χ3v) is 4.94. The lowest BCUT2D eigenvalue weighted by Gasteiger charge is -2.10. The maximum Gasteiger partial charge on any atom is 0.244 e. The van der Waals surface area contributed by atoms with Crippen LogP contribution >= 0.6 is 0 Å². The van der Waals surface area contributed by atoms with Crippen LogP contribution in [0.4, 0.5) is 0 Å². The zero-order valence-electron chi connectivity index (χ0n) is 13.4. The van der Waals surface area contributed by atoms with Gasteiger partial charge in [-0.05, 0) is 53.9 Å². The van der Waals surface area contributed by atoms with Crippen molar-refractivity contribution in [3.8, 4) is 0 Å². The van der Waals surface area contributed by atoms with Gasteiger partial charge in [0.2, 0.25) is 10.0 Å². The molecule has 0 radical (unpaired) electrons. The highest BCUT2D eigenvalue weighted by molar-refractivity contribution is 7.89. The van der Waals surface area contributed by atoms with E-state index in [-0.39, 0.29) is 0 Å². The topological polar surface area (TPSA) is 93.2 Å². The first-order valence-corrected chi connectivity index (χ1v) is 8.66. The normalized spacial score (nSPS) is 12.3. The Morgan fingerprint density at radius 3 is 2.52 bits per heavy atom. The van der Waals surface area contributed by atoms with Crippen LogP contribution in [0.2, 0.25) is 0 Å². The molecule has 21 heavy (non-hydrogen) atoms. The molecule has 0 aliphatic heterocycles. The maximum atomic E-state index is 12.4. The first kappa shape index (κ1) is 18.1. The van der Waals surface area contributed by atoms with E-state index < -0.39 is 10.0 Å². The minimum absolute atomic E-state index is 0.296. The monoisotopic (exact) mass is 317 g/mol. The molecule has 1 aromatic heterocycles. The fourth-order valence-electron chi connectivity index (χ4n) is 2.20. The molecule has 0 aliphatic carbocycles. The average molecular weight is 317 g/mol. The summed E-state index contributed by atoms with van der Waals surface area (Å²) < 4.78 is 29.2. The molecule has 0 amide bonds. The number of hydrogen-bond acceptors (Lipinski definition) is 5. The van der Waals surface area contributed by atoms with Crippen molar-refractivity contribution < 1.29 is 8.42 Å². The van der Waals surface area contributed by atoms with E-state index in [0.29, 0.717) is 35.9 Å². The second-order valence-corrected chi connectivity index (χ2v) is 7.12. The van der Waals surface area contributed by atoms with E-state index in [1.807, 2.05) is 19.0 Å². The van der Waals surface area contributed by atoms with E-state index in [0.717, 1.165) is 19.4 Å². The third kappa shape index (κ3) is 5.06. The molecule has 7 nitrogen and oxygen atoms in total. The molecular formula is C13H27N5O2S. The van der Waals surface area contributed by atoms with Crippen molar-refractivity contribution in [1.29, 1.82) is 0 Å². The van der Waals surface area contributed by atoms with E-state index in [2.05, 4.69) is 9.82 Å². The van der Waals surface area contributed by atoms with E-state index in [9.17, 15) is 8.42 Å². The molecule has 0 aromatic carbocycles. The molecule has 3 N–H and O–H groups in total. The first-order valence-electron chi connectivity index (χ1n) is 7.18. The summed E-state index contributed by atoms with van der Waals surface area (Å²) in [6.45, 7) is 5.97. The lowest BCUT2D eigenvalue weighted by Crippen LogP contribution is -2.28. The Balaban J connectivity index is 2.80. The number of aryl methyl sites for hydroxylation is 2. The van der Waals surface area contributed by atoms with E-state index in [1.54, 1.807) is 18.5 Å². The summed E-state index contributed by atoms with van der Waals surface area (Å²) in [5, 5.41) is 4.30. The Morgan fingerprint density at radius 1 is 1.29 bits per heavy atom. The Kier molecular flexibility index (Phi) is 6.79. The molecule has 1 heterocycles. The van der Waals surface area contributed by atoms with Gasteiger partial charge in [-0.1, -0.05) is 0 Å². The van der Waals surface area contributed by atoms with Gasteiger partial charge in [-0.2, -0.15) is 5.10 Å². The van der Waals surface area contributed by atoms with Crippen molar-refractivity contribution in [1.82, 2.24) is 19.4 Å². The van der Waals surface area contributed by atoms with Crippen molar-refractivity contribution in [2.24, 2.45) is 5.73 Å². The molecule has 0 atom stereocenters. The molecule has 0 spiro atoms. The highest BCUT2D eigenvalue weighted by Gasteiger charge is 2.23. The number of hydrogen-bond donors (Lipinski definition) is 2. The van der Waals surface area contributed by atoms with Crippen molar-refractivity contribution in [2.75, 3.05) is 33.7 Å². The van der Waals surface area contributed by atoms with Gasteiger partial charge in [0.25, 0.3) is 0 Å². The van der Waals surface area contributed by atoms with Crippen molar-refractivity contribution >= 4 is 10.0 Å². The fraction of sp³-hybridized carbons (Fsp3) is 0.769. The Bertz CT molecular complexity index is 551. The lowest BCUT2D eigenvalue weighted by molar-refractivity contribution is 0.400. The van der Waals surface area contributed by atoms with Crippen LogP contribution < -0.4 is 10.5 Å². The minimum atomic E-state index is -3.51. The summed E-state index contributed by atoms with van der Waals surface area (Å²) in [7, 11) is 0.418. The van der Waals surface area contributed by atoms with Crippen LogP contribution in [0.15, 0.2) is 4.90 Å². The van der Waals surface area contributed by atoms with Gasteiger partial charge in [-0.25, -0.2) is 13.1 Å². The summed E-state index contributed by atoms with van der Waals surface area (Å²) in [5.41, 5.74) is 6.69. The summed E-state index contributed by atoms with van der Waals surface area (Å²) in [6.07, 6.45) is 1.54. The second kappa shape index (κ2) is 7.88. The molecule has 1 rings (SSSR count). The summed E-state index contributed by atoms with van der Waals surface area (Å²) in [4.78, 5) is 2.32. The van der Waals surface area contributed by atoms with E-state index in [1.165, 1.54) is 0 Å². The van der Waals surface area contributed by atoms with Gasteiger partial charge in [0, 0.05) is 13.1 Å². The van der Waals surface area contributed by atoms with Gasteiger partial charge >= 0.3 is 0 Å². The Labute approximate surface area is 127 Å². The molecule has 0 fully saturated rings. The number of rotatable bonds is 9. The summed E-state index contributed by atoms with van der Waals surface area (Å²) in [6, 6.07) is 0. The number of nitrogens with one attached hydrogen (secondary N) is 1. The zero-order valence-corrected chi connectivity index (χ0v) is 14.2. The van der Waals surface area contributed by atoms with Gasteiger partial charge in [-0.15, -0.1) is 0 Å². The predicted molar refractivity (Wildman–Crippen MR) is 83.7 cm³/mol. The first-order chi connectivity index (χ1) is 9.79. The maximum absolute atomic E-state index is 12.4.